The lowest BCUT2D eigenvalue weighted by Crippen LogP contribution is -2.44. The Hall–Kier alpha value is -1.76. The zero-order chi connectivity index (χ0) is 19.5. The molecule has 0 unspecified atom stereocenters. The summed E-state index contributed by atoms with van der Waals surface area (Å²) in [6, 6.07) is 3.38. The predicted molar refractivity (Wildman–Crippen MR) is 100 cm³/mol. The van der Waals surface area contributed by atoms with Crippen LogP contribution in [0.2, 0.25) is 0 Å². The monoisotopic (exact) mass is 405 g/mol. The summed E-state index contributed by atoms with van der Waals surface area (Å²) >= 11 is 0. The van der Waals surface area contributed by atoms with Crippen molar-refractivity contribution in [1.82, 2.24) is 4.90 Å². The van der Waals surface area contributed by atoms with Crippen molar-refractivity contribution < 1.29 is 17.6 Å². The normalized spacial score (nSPS) is 18.9. The van der Waals surface area contributed by atoms with Crippen LogP contribution in [-0.2, 0) is 19.8 Å². The summed E-state index contributed by atoms with van der Waals surface area (Å²) in [5.74, 6) is 1.03. The van der Waals surface area contributed by atoms with E-state index in [1.165, 1.54) is 12.1 Å². The standard InChI is InChI=1S/C14H23N5O5S2/c1-11(10-18-5-7-25(22,16-2)8-6-18)17-13-4-3-12(26(15,23)24)9-14(13)19(20)21/h3-4,9,11,17H,5-8,10H2,1-2H3,(H2,15,23,24)/t11-/m0/s1. The van der Waals surface area contributed by atoms with Crippen LogP contribution in [0.3, 0.4) is 0 Å². The second-order valence-electron chi connectivity index (χ2n) is 6.19. The minimum atomic E-state index is -4.02. The van der Waals surface area contributed by atoms with Crippen molar-refractivity contribution in [3.8, 4) is 0 Å². The quantitative estimate of drug-likeness (QED) is 0.516. The number of nitrogens with two attached hydrogens (primary N) is 1. The highest BCUT2D eigenvalue weighted by molar-refractivity contribution is 7.93. The molecule has 0 aliphatic carbocycles. The van der Waals surface area contributed by atoms with Gasteiger partial charge in [-0.3, -0.25) is 15.0 Å². The molecule has 1 saturated heterocycles. The molecular weight excluding hydrogens is 382 g/mol. The van der Waals surface area contributed by atoms with Crippen molar-refractivity contribution in [3.05, 3.63) is 28.3 Å². The van der Waals surface area contributed by atoms with E-state index in [9.17, 15) is 22.7 Å². The highest BCUT2D eigenvalue weighted by atomic mass is 32.2. The topological polar surface area (TPSA) is 148 Å². The molecule has 0 amide bonds. The van der Waals surface area contributed by atoms with Gasteiger partial charge >= 0.3 is 0 Å². The third-order valence-corrected chi connectivity index (χ3v) is 7.43. The first-order chi connectivity index (χ1) is 12.0. The van der Waals surface area contributed by atoms with Crippen molar-refractivity contribution in [2.24, 2.45) is 9.50 Å². The van der Waals surface area contributed by atoms with Gasteiger partial charge in [-0.2, -0.15) is 0 Å². The molecule has 26 heavy (non-hydrogen) atoms. The Bertz CT molecular complexity index is 894. The molecule has 146 valence electrons. The summed E-state index contributed by atoms with van der Waals surface area (Å²) in [6.07, 6.45) is 0. The van der Waals surface area contributed by atoms with E-state index < -0.39 is 24.7 Å². The maximum Gasteiger partial charge on any atom is 0.293 e. The molecule has 1 aromatic carbocycles. The maximum absolute atomic E-state index is 12.2. The van der Waals surface area contributed by atoms with Crippen LogP contribution < -0.4 is 10.5 Å². The second-order valence-corrected chi connectivity index (χ2v) is 10.5. The molecule has 3 N–H and O–H groups in total. The van der Waals surface area contributed by atoms with Crippen LogP contribution in [0.25, 0.3) is 0 Å². The fraction of sp³-hybridized carbons (Fsp3) is 0.571. The molecular formula is C14H23N5O5S2. The number of benzene rings is 1. The fourth-order valence-corrected chi connectivity index (χ4v) is 4.97. The summed E-state index contributed by atoms with van der Waals surface area (Å²) in [7, 11) is -4.53. The lowest BCUT2D eigenvalue weighted by Gasteiger charge is -2.31. The Morgan fingerprint density at radius 2 is 2.04 bits per heavy atom. The Kier molecular flexibility index (Phi) is 6.21. The second kappa shape index (κ2) is 7.86. The number of nitro benzene ring substituents is 1. The van der Waals surface area contributed by atoms with E-state index in [4.69, 9.17) is 5.14 Å². The lowest BCUT2D eigenvalue weighted by molar-refractivity contribution is -0.384. The van der Waals surface area contributed by atoms with Gasteiger partial charge in [-0.1, -0.05) is 0 Å². The van der Waals surface area contributed by atoms with E-state index in [1.807, 2.05) is 6.92 Å². The largest absolute Gasteiger partial charge is 0.376 e. The van der Waals surface area contributed by atoms with Gasteiger partial charge in [0.2, 0.25) is 10.0 Å². The molecule has 1 fully saturated rings. The maximum atomic E-state index is 12.2. The van der Waals surface area contributed by atoms with E-state index in [0.717, 1.165) is 6.07 Å². The molecule has 12 heteroatoms. The molecule has 0 spiro atoms. The van der Waals surface area contributed by atoms with E-state index in [0.29, 0.717) is 31.1 Å². The van der Waals surface area contributed by atoms with Gasteiger partial charge in [-0.15, -0.1) is 0 Å². The van der Waals surface area contributed by atoms with Gasteiger partial charge in [-0.25, -0.2) is 22.1 Å². The minimum Gasteiger partial charge on any atom is -0.376 e. The summed E-state index contributed by atoms with van der Waals surface area (Å²) in [5.41, 5.74) is -0.130. The molecule has 1 aromatic rings. The van der Waals surface area contributed by atoms with E-state index in [-0.39, 0.29) is 22.3 Å². The van der Waals surface area contributed by atoms with Crippen molar-refractivity contribution in [2.75, 3.05) is 43.5 Å². The molecule has 0 bridgehead atoms. The van der Waals surface area contributed by atoms with Crippen LogP contribution in [0, 0.1) is 10.1 Å². The number of anilines is 1. The van der Waals surface area contributed by atoms with Gasteiger partial charge in [0, 0.05) is 60.0 Å². The zero-order valence-corrected chi connectivity index (χ0v) is 16.3. The summed E-state index contributed by atoms with van der Waals surface area (Å²) in [4.78, 5) is 12.4. The van der Waals surface area contributed by atoms with Crippen molar-refractivity contribution in [3.63, 3.8) is 0 Å². The number of hydrogen-bond acceptors (Lipinski definition) is 8. The van der Waals surface area contributed by atoms with Gasteiger partial charge in [0.1, 0.15) is 5.69 Å². The number of rotatable bonds is 6. The fourth-order valence-electron chi connectivity index (χ4n) is 2.78. The molecule has 0 radical (unpaired) electrons. The molecule has 1 aliphatic rings. The number of nitro groups is 1. The zero-order valence-electron chi connectivity index (χ0n) is 14.6. The average Bonchev–Trinajstić information content (AvgIpc) is 2.56. The summed E-state index contributed by atoms with van der Waals surface area (Å²) in [5, 5.41) is 19.3. The number of primary sulfonamides is 1. The van der Waals surface area contributed by atoms with Crippen LogP contribution in [0.4, 0.5) is 11.4 Å². The van der Waals surface area contributed by atoms with E-state index in [1.54, 1.807) is 7.05 Å². The Morgan fingerprint density at radius 3 is 2.54 bits per heavy atom. The number of nitrogens with zero attached hydrogens (tertiary/aromatic N) is 3. The SMILES string of the molecule is CN=S1(=O)CCN(C[C@H](C)Nc2ccc(S(N)(=O)=O)cc2[N+](=O)[O-])CC1. The first-order valence-corrected chi connectivity index (χ1v) is 11.3. The third kappa shape index (κ3) is 5.13. The molecule has 1 atom stereocenters. The van der Waals surface area contributed by atoms with Gasteiger partial charge in [0.15, 0.2) is 0 Å². The Labute approximate surface area is 153 Å². The highest BCUT2D eigenvalue weighted by Crippen LogP contribution is 2.27. The predicted octanol–water partition coefficient (Wildman–Crippen LogP) is 0.456. The van der Waals surface area contributed by atoms with Crippen LogP contribution in [0.5, 0.6) is 0 Å². The number of nitrogens with one attached hydrogen (secondary N) is 1. The van der Waals surface area contributed by atoms with Gasteiger partial charge < -0.3 is 5.32 Å². The highest BCUT2D eigenvalue weighted by Gasteiger charge is 2.23. The van der Waals surface area contributed by atoms with Gasteiger partial charge in [-0.05, 0) is 19.1 Å². The summed E-state index contributed by atoms with van der Waals surface area (Å²) < 4.78 is 38.9. The Balaban J connectivity index is 2.08. The van der Waals surface area contributed by atoms with Gasteiger partial charge in [0.05, 0.1) is 9.82 Å². The van der Waals surface area contributed by atoms with Crippen LogP contribution in [-0.4, -0.2) is 66.7 Å². The minimum absolute atomic E-state index is 0.137. The number of sulfonamides is 1. The van der Waals surface area contributed by atoms with E-state index in [2.05, 4.69) is 14.6 Å². The molecule has 0 saturated carbocycles. The van der Waals surface area contributed by atoms with Crippen molar-refractivity contribution in [1.29, 1.82) is 0 Å². The molecule has 2 rings (SSSR count). The molecule has 0 aromatic heterocycles. The number of hydrogen-bond donors (Lipinski definition) is 2. The average molecular weight is 406 g/mol. The lowest BCUT2D eigenvalue weighted by atomic mass is 10.2. The Morgan fingerprint density at radius 1 is 1.42 bits per heavy atom. The first kappa shape index (κ1) is 20.6. The van der Waals surface area contributed by atoms with Crippen molar-refractivity contribution >= 4 is 31.1 Å². The smallest absolute Gasteiger partial charge is 0.293 e. The molecule has 10 nitrogen and oxygen atoms in total. The van der Waals surface area contributed by atoms with E-state index >= 15 is 0 Å². The molecule has 1 aliphatic heterocycles. The van der Waals surface area contributed by atoms with Gasteiger partial charge in [0.25, 0.3) is 5.69 Å². The first-order valence-electron chi connectivity index (χ1n) is 7.95. The molecule has 1 heterocycles. The third-order valence-electron chi connectivity index (χ3n) is 4.21. The summed E-state index contributed by atoms with van der Waals surface area (Å²) in [6.45, 7) is 3.77. The van der Waals surface area contributed by atoms with Crippen LogP contribution in [0.1, 0.15) is 6.92 Å². The van der Waals surface area contributed by atoms with Crippen LogP contribution >= 0.6 is 0 Å². The van der Waals surface area contributed by atoms with Crippen molar-refractivity contribution in [2.45, 2.75) is 17.9 Å². The van der Waals surface area contributed by atoms with Crippen LogP contribution in [0.15, 0.2) is 27.5 Å².